The summed E-state index contributed by atoms with van der Waals surface area (Å²) in [7, 11) is -22.5. The van der Waals surface area contributed by atoms with Gasteiger partial charge in [0.1, 0.15) is 26.8 Å². The molecule has 2 heterocycles. The van der Waals surface area contributed by atoms with E-state index in [1.54, 1.807) is 67.3 Å². The average molecular weight is 1570 g/mol. The number of rotatable bonds is 36. The fourth-order valence-electron chi connectivity index (χ4n) is 13.9. The Balaban J connectivity index is 0.000000733. The maximum atomic E-state index is 14.4. The molecule has 0 aliphatic carbocycles. The zero-order valence-electron chi connectivity index (χ0n) is 65.0. The largest absolute Gasteiger partial charge is 0.748 e. The molecule has 1 N–H and O–H groups in total. The molecule has 8 rings (SSSR count). The van der Waals surface area contributed by atoms with Gasteiger partial charge in [-0.1, -0.05) is 167 Å². The van der Waals surface area contributed by atoms with E-state index in [9.17, 15) is 65.1 Å². The van der Waals surface area contributed by atoms with Crippen molar-refractivity contribution in [2.24, 2.45) is 0 Å². The zero-order chi connectivity index (χ0) is 79.7. The number of carbonyl (C=O) groups excluding carboxylic acids is 1. The first-order valence-electron chi connectivity index (χ1n) is 37.3. The van der Waals surface area contributed by atoms with E-state index in [2.05, 4.69) is 107 Å². The monoisotopic (exact) mass is 1570 g/mol. The standard InChI is InChI=1S/C59H66N4O15S5.3C7H17N/c1-58(2)49-40-48-43(37-44(82(73,74)75)39-53(48)83(76,77)78)38-51(49)63(34-18-36-80(68,69)70)54(58)25-13-8-14-26-55-59(3,4)57-47-23-15-24-52(46(47)28-29-50(57)62(55)33-17-35-79(65,66)67)81(71,72)61(5)32-16-27-56(64)60-31-30-45(41-19-9-6-10-20-41)42-21-11-7-12-22-42;3*1-4-7-8(5-2)6-3/h6-15,19-26,28-29,37-40,45H,16-18,27,30-36H2,1-5H3,(H4-,60,64,65,66,67,68,69,70,73,74,75,76,77,78);3*4-7H2,1-3H3/p-3. The summed E-state index contributed by atoms with van der Waals surface area (Å²) in [6.07, 6.45) is 13.2. The van der Waals surface area contributed by atoms with Crippen LogP contribution in [0.3, 0.4) is 0 Å². The predicted octanol–water partition coefficient (Wildman–Crippen LogP) is 12.8. The number of allylic oxidation sites excluding steroid dienone is 6. The van der Waals surface area contributed by atoms with Crippen LogP contribution in [0.2, 0.25) is 0 Å². The lowest BCUT2D eigenvalue weighted by Gasteiger charge is -2.27. The lowest BCUT2D eigenvalue weighted by molar-refractivity contribution is -0.437. The Labute approximate surface area is 639 Å². The summed E-state index contributed by atoms with van der Waals surface area (Å²) >= 11 is 0. The van der Waals surface area contributed by atoms with E-state index in [-0.39, 0.29) is 72.8 Å². The van der Waals surface area contributed by atoms with Gasteiger partial charge in [-0.2, -0.15) is 4.58 Å². The fourth-order valence-corrected chi connectivity index (χ4v) is 17.6. The molecular formula is C80H114N7O15S5-3. The van der Waals surface area contributed by atoms with Gasteiger partial charge in [-0.25, -0.2) is 46.4 Å². The summed E-state index contributed by atoms with van der Waals surface area (Å²) in [5, 5.41) is 3.83. The molecule has 0 saturated carbocycles. The van der Waals surface area contributed by atoms with Gasteiger partial charge in [0.15, 0.2) is 5.71 Å². The number of benzene rings is 6. The number of hydrogen-bond donors (Lipinski definition) is 1. The lowest BCUT2D eigenvalue weighted by atomic mass is 9.79. The van der Waals surface area contributed by atoms with Crippen LogP contribution < -0.4 is 10.2 Å². The van der Waals surface area contributed by atoms with Crippen molar-refractivity contribution in [1.82, 2.24) is 24.3 Å². The van der Waals surface area contributed by atoms with E-state index in [1.165, 1.54) is 108 Å². The van der Waals surface area contributed by atoms with Crippen molar-refractivity contribution in [3.05, 3.63) is 174 Å². The van der Waals surface area contributed by atoms with Crippen LogP contribution in [0, 0.1) is 0 Å². The first-order chi connectivity index (χ1) is 50.3. The number of nitrogens with zero attached hydrogens (tertiary/aromatic N) is 6. The first kappa shape index (κ1) is 91.0. The number of anilines is 1. The molecule has 2 aliphatic heterocycles. The van der Waals surface area contributed by atoms with Gasteiger partial charge < -0.3 is 43.1 Å². The topological polar surface area (TPSA) is 311 Å². The van der Waals surface area contributed by atoms with E-state index in [4.69, 9.17) is 0 Å². The maximum absolute atomic E-state index is 14.4. The minimum absolute atomic E-state index is 0.0395. The van der Waals surface area contributed by atoms with Gasteiger partial charge in [0, 0.05) is 96.8 Å². The lowest BCUT2D eigenvalue weighted by Crippen LogP contribution is -2.30. The average Bonchev–Trinajstić information content (AvgIpc) is 1.70. The second-order valence-electron chi connectivity index (χ2n) is 27.7. The minimum Gasteiger partial charge on any atom is -0.748 e. The summed E-state index contributed by atoms with van der Waals surface area (Å²) < 4.78 is 176. The van der Waals surface area contributed by atoms with Crippen LogP contribution in [0.4, 0.5) is 11.4 Å². The van der Waals surface area contributed by atoms with Crippen molar-refractivity contribution in [2.45, 2.75) is 173 Å². The Bertz CT molecular complexity index is 4560. The van der Waals surface area contributed by atoms with Gasteiger partial charge in [0.2, 0.25) is 21.6 Å². The Morgan fingerprint density at radius 1 is 0.551 bits per heavy atom. The highest BCUT2D eigenvalue weighted by atomic mass is 32.2. The molecule has 22 nitrogen and oxygen atoms in total. The molecule has 0 atom stereocenters. The Morgan fingerprint density at radius 3 is 1.57 bits per heavy atom. The quantitative estimate of drug-likeness (QED) is 0.0217. The van der Waals surface area contributed by atoms with Gasteiger partial charge in [-0.15, -0.1) is 0 Å². The Hall–Kier alpha value is -6.57. The third kappa shape index (κ3) is 25.8. The highest BCUT2D eigenvalue weighted by molar-refractivity contribution is 7.89. The van der Waals surface area contributed by atoms with Crippen molar-refractivity contribution in [3.63, 3.8) is 0 Å². The molecule has 6 aromatic carbocycles. The molecule has 1 amide bonds. The van der Waals surface area contributed by atoms with Crippen LogP contribution >= 0.6 is 0 Å². The SMILES string of the molecule is CCCN(CC)CC.CCCN(CC)CC.CCCN(CC)CC.CN(CCCC(=O)NCCC(c1ccccc1)c1ccccc1)S(=O)(=O)c1cccc2c3c(ccc12)[N+](CCCS(=O)(=O)[O-])=C(/C=C/C=C/C=C1/N(CCCS(=O)(=O)[O-])c2cc4cc(S(=O)(=O)[O-])cc(S(=O)(=O)[O-])c4cc2C1(C)C)C3(C)C. The van der Waals surface area contributed by atoms with Gasteiger partial charge in [0.05, 0.1) is 40.3 Å². The molecule has 27 heteroatoms. The van der Waals surface area contributed by atoms with E-state index in [0.717, 1.165) is 22.8 Å². The molecule has 592 valence electrons. The van der Waals surface area contributed by atoms with Crippen LogP contribution in [-0.2, 0) is 66.1 Å². The Kier molecular flexibility index (Phi) is 35.3. The molecule has 107 heavy (non-hydrogen) atoms. The van der Waals surface area contributed by atoms with E-state index >= 15 is 0 Å². The van der Waals surface area contributed by atoms with Crippen molar-refractivity contribution >= 4 is 95.0 Å². The van der Waals surface area contributed by atoms with Crippen LogP contribution in [0.25, 0.3) is 21.5 Å². The van der Waals surface area contributed by atoms with Gasteiger partial charge in [-0.05, 0) is 187 Å². The molecule has 0 spiro atoms. The van der Waals surface area contributed by atoms with Crippen LogP contribution in [-0.4, -0.2) is 199 Å². The number of fused-ring (bicyclic) bond motifs is 5. The van der Waals surface area contributed by atoms with Gasteiger partial charge in [-0.3, -0.25) is 4.79 Å². The van der Waals surface area contributed by atoms with Crippen LogP contribution in [0.1, 0.15) is 170 Å². The summed E-state index contributed by atoms with van der Waals surface area (Å²) in [6, 6.07) is 32.8. The molecule has 0 fully saturated rings. The predicted molar refractivity (Wildman–Crippen MR) is 427 cm³/mol. The van der Waals surface area contributed by atoms with E-state index in [0.29, 0.717) is 58.2 Å². The van der Waals surface area contributed by atoms with E-state index < -0.39 is 82.6 Å². The molecule has 0 radical (unpaired) electrons. The van der Waals surface area contributed by atoms with Crippen LogP contribution in [0.15, 0.2) is 166 Å². The summed E-state index contributed by atoms with van der Waals surface area (Å²) in [5.41, 5.74) is 3.82. The van der Waals surface area contributed by atoms with Gasteiger partial charge >= 0.3 is 0 Å². The number of nitrogens with one attached hydrogen (secondary N) is 1. The normalized spacial score (nSPS) is 14.9. The molecular weight excluding hydrogens is 1460 g/mol. The second kappa shape index (κ2) is 41.5. The molecule has 2 aliphatic rings. The number of hydrogen-bond acceptors (Lipinski definition) is 19. The molecule has 0 saturated heterocycles. The van der Waals surface area contributed by atoms with Crippen molar-refractivity contribution < 1.29 is 69.7 Å². The van der Waals surface area contributed by atoms with Crippen molar-refractivity contribution in [3.8, 4) is 0 Å². The summed E-state index contributed by atoms with van der Waals surface area (Å²) in [5.74, 6) is -1.50. The van der Waals surface area contributed by atoms with Crippen LogP contribution in [0.5, 0.6) is 0 Å². The molecule has 0 unspecified atom stereocenters. The maximum Gasteiger partial charge on any atom is 0.243 e. The zero-order valence-corrected chi connectivity index (χ0v) is 69.1. The third-order valence-corrected chi connectivity index (χ3v) is 24.8. The van der Waals surface area contributed by atoms with Crippen molar-refractivity contribution in [1.29, 1.82) is 0 Å². The smallest absolute Gasteiger partial charge is 0.243 e. The third-order valence-electron chi connectivity index (χ3n) is 19.6. The van der Waals surface area contributed by atoms with Gasteiger partial charge in [0.25, 0.3) is 0 Å². The number of sulfonamides is 1. The van der Waals surface area contributed by atoms with E-state index in [1.807, 2.05) is 60.9 Å². The highest BCUT2D eigenvalue weighted by Crippen LogP contribution is 2.51. The molecule has 0 bridgehead atoms. The number of amides is 1. The minimum atomic E-state index is -5.32. The summed E-state index contributed by atoms with van der Waals surface area (Å²) in [4.78, 5) is 20.2. The first-order valence-corrected chi connectivity index (χ1v) is 44.7. The number of carbonyl (C=O) groups is 1. The second-order valence-corrected chi connectivity index (χ2v) is 35.5. The van der Waals surface area contributed by atoms with Crippen molar-refractivity contribution in [2.75, 3.05) is 109 Å². The highest BCUT2D eigenvalue weighted by Gasteiger charge is 2.46. The molecule has 6 aromatic rings. The molecule has 0 aromatic heterocycles. The Morgan fingerprint density at radius 2 is 1.08 bits per heavy atom. The summed E-state index contributed by atoms with van der Waals surface area (Å²) in [6.45, 7) is 38.8. The fraction of sp³-hybridized carbons (Fsp3) is 0.500.